The topological polar surface area (TPSA) is 56.5 Å². The molecule has 2 aromatic rings. The van der Waals surface area contributed by atoms with E-state index < -0.39 is 11.0 Å². The van der Waals surface area contributed by atoms with Gasteiger partial charge in [0.1, 0.15) is 0 Å². The third-order valence-electron chi connectivity index (χ3n) is 3.15. The molecule has 0 saturated heterocycles. The molecule has 0 radical (unpaired) electrons. The average molecular weight is 399 g/mol. The first-order valence-corrected chi connectivity index (χ1v) is 11.6. The van der Waals surface area contributed by atoms with Crippen molar-refractivity contribution in [2.75, 3.05) is 5.75 Å². The van der Waals surface area contributed by atoms with Crippen LogP contribution < -0.4 is 10.4 Å². The molecule has 0 aliphatic rings. The van der Waals surface area contributed by atoms with Crippen LogP contribution in [0.5, 0.6) is 5.75 Å². The average Bonchev–Trinajstić information content (AvgIpc) is 2.51. The van der Waals surface area contributed by atoms with Crippen LogP contribution in [0.2, 0.25) is 5.32 Å². The molecule has 0 N–H and O–H groups in total. The summed E-state index contributed by atoms with van der Waals surface area (Å²) in [5.41, 5.74) is -0.520. The van der Waals surface area contributed by atoms with E-state index in [0.717, 1.165) is 22.9 Å². The molecule has 0 amide bonds. The molecule has 0 atom stereocenters. The van der Waals surface area contributed by atoms with Crippen molar-refractivity contribution in [3.8, 4) is 5.75 Å². The molecule has 0 unspecified atom stereocenters. The number of hydrogen-bond acceptors (Lipinski definition) is 5. The summed E-state index contributed by atoms with van der Waals surface area (Å²) in [5.74, 6) is 1.28. The Morgan fingerprint density at radius 3 is 2.78 bits per heavy atom. The number of fused-ring (bicyclic) bond motifs is 1. The fraction of sp³-hybridized carbons (Fsp3) is 0.412. The Kier molecular flexibility index (Phi) is 6.33. The zero-order valence-electron chi connectivity index (χ0n) is 13.5. The minimum absolute atomic E-state index is 0.255. The van der Waals surface area contributed by atoms with E-state index in [1.54, 1.807) is 24.3 Å². The van der Waals surface area contributed by atoms with Gasteiger partial charge in [0.2, 0.25) is 0 Å². The second kappa shape index (κ2) is 8.04. The molecule has 0 spiro atoms. The summed E-state index contributed by atoms with van der Waals surface area (Å²) in [6, 6.07) is 8.13. The van der Waals surface area contributed by atoms with E-state index in [2.05, 4.69) is 6.92 Å². The number of carbonyl (C=O) groups excluding carboxylic acids is 1. The van der Waals surface area contributed by atoms with Crippen LogP contribution in [-0.2, 0) is 4.79 Å². The molecule has 6 heteroatoms. The van der Waals surface area contributed by atoms with Crippen LogP contribution in [0.25, 0.3) is 11.0 Å². The molecule has 0 saturated carbocycles. The Balaban J connectivity index is 2.05. The van der Waals surface area contributed by atoms with E-state index in [-0.39, 0.29) is 5.97 Å². The van der Waals surface area contributed by atoms with Gasteiger partial charge in [0.05, 0.1) is 0 Å². The van der Waals surface area contributed by atoms with Crippen molar-refractivity contribution in [1.29, 1.82) is 0 Å². The van der Waals surface area contributed by atoms with Crippen molar-refractivity contribution in [3.05, 3.63) is 40.8 Å². The van der Waals surface area contributed by atoms with Gasteiger partial charge in [-0.2, -0.15) is 0 Å². The van der Waals surface area contributed by atoms with Gasteiger partial charge in [-0.3, -0.25) is 0 Å². The molecule has 2 rings (SSSR count). The molecule has 4 nitrogen and oxygen atoms in total. The van der Waals surface area contributed by atoms with E-state index in [1.807, 2.05) is 24.0 Å². The van der Waals surface area contributed by atoms with Gasteiger partial charge < -0.3 is 0 Å². The SMILES string of the molecule is CCCS[Se]CC(C)(C)C(=O)Oc1ccc2ccc(=O)oc2c1. The minimum atomic E-state index is -0.521. The summed E-state index contributed by atoms with van der Waals surface area (Å²) < 4.78 is 10.6. The van der Waals surface area contributed by atoms with Gasteiger partial charge in [0.25, 0.3) is 0 Å². The summed E-state index contributed by atoms with van der Waals surface area (Å²) in [7, 11) is 1.91. The van der Waals surface area contributed by atoms with Crippen molar-refractivity contribution in [1.82, 2.24) is 0 Å². The van der Waals surface area contributed by atoms with Crippen LogP contribution >= 0.6 is 10.2 Å². The van der Waals surface area contributed by atoms with Crippen LogP contribution in [0, 0.1) is 5.41 Å². The second-order valence-corrected chi connectivity index (χ2v) is 10.3. The second-order valence-electron chi connectivity index (χ2n) is 5.81. The van der Waals surface area contributed by atoms with Gasteiger partial charge in [-0.25, -0.2) is 0 Å². The molecular weight excluding hydrogens is 379 g/mol. The number of esters is 1. The van der Waals surface area contributed by atoms with E-state index in [9.17, 15) is 9.59 Å². The number of hydrogen-bond donors (Lipinski definition) is 0. The Morgan fingerprint density at radius 1 is 1.30 bits per heavy atom. The van der Waals surface area contributed by atoms with E-state index in [0.29, 0.717) is 25.2 Å². The summed E-state index contributed by atoms with van der Waals surface area (Å²) in [4.78, 5) is 23.7. The van der Waals surface area contributed by atoms with Crippen LogP contribution in [0.1, 0.15) is 27.2 Å². The van der Waals surface area contributed by atoms with Crippen LogP contribution in [-0.4, -0.2) is 25.6 Å². The summed E-state index contributed by atoms with van der Waals surface area (Å²) in [6.45, 7) is 5.97. The fourth-order valence-electron chi connectivity index (χ4n) is 1.74. The maximum atomic E-state index is 12.4. The molecule has 124 valence electrons. The maximum absolute atomic E-state index is 12.4. The molecule has 1 heterocycles. The third kappa shape index (κ3) is 5.13. The zero-order chi connectivity index (χ0) is 16.9. The number of carbonyl (C=O) groups is 1. The molecule has 1 aromatic carbocycles. The summed E-state index contributed by atoms with van der Waals surface area (Å²) in [5, 5.41) is 1.62. The molecule has 23 heavy (non-hydrogen) atoms. The number of rotatable bonds is 7. The van der Waals surface area contributed by atoms with Gasteiger partial charge in [0.15, 0.2) is 0 Å². The molecular formula is C17H20O4SSe. The molecule has 0 aliphatic heterocycles. The van der Waals surface area contributed by atoms with Gasteiger partial charge >= 0.3 is 145 Å². The van der Waals surface area contributed by atoms with Gasteiger partial charge in [-0.15, -0.1) is 0 Å². The van der Waals surface area contributed by atoms with Gasteiger partial charge in [-0.1, -0.05) is 0 Å². The molecule has 0 fully saturated rings. The third-order valence-corrected chi connectivity index (χ3v) is 8.36. The zero-order valence-corrected chi connectivity index (χ0v) is 16.0. The van der Waals surface area contributed by atoms with Crippen molar-refractivity contribution in [2.24, 2.45) is 5.41 Å². The quantitative estimate of drug-likeness (QED) is 0.232. The van der Waals surface area contributed by atoms with Crippen molar-refractivity contribution in [2.45, 2.75) is 32.5 Å². The number of ether oxygens (including phenoxy) is 1. The molecule has 0 aliphatic carbocycles. The van der Waals surface area contributed by atoms with Gasteiger partial charge in [-0.05, 0) is 0 Å². The summed E-state index contributed by atoms with van der Waals surface area (Å²) >= 11 is 0.370. The predicted molar refractivity (Wildman–Crippen MR) is 95.2 cm³/mol. The monoisotopic (exact) mass is 400 g/mol. The fourth-order valence-corrected chi connectivity index (χ4v) is 6.82. The Labute approximate surface area is 145 Å². The van der Waals surface area contributed by atoms with Crippen molar-refractivity contribution >= 4 is 41.0 Å². The Morgan fingerprint density at radius 2 is 2.04 bits per heavy atom. The molecule has 1 aromatic heterocycles. The first-order chi connectivity index (χ1) is 10.9. The van der Waals surface area contributed by atoms with E-state index in [1.165, 1.54) is 6.07 Å². The first kappa shape index (κ1) is 18.1. The van der Waals surface area contributed by atoms with Crippen molar-refractivity contribution in [3.63, 3.8) is 0 Å². The predicted octanol–water partition coefficient (Wildman–Crippen LogP) is 3.91. The molecule has 0 bridgehead atoms. The van der Waals surface area contributed by atoms with Crippen molar-refractivity contribution < 1.29 is 13.9 Å². The summed E-state index contributed by atoms with van der Waals surface area (Å²) in [6.07, 6.45) is 1.15. The van der Waals surface area contributed by atoms with E-state index in [4.69, 9.17) is 9.15 Å². The van der Waals surface area contributed by atoms with Crippen LogP contribution in [0.15, 0.2) is 39.5 Å². The van der Waals surface area contributed by atoms with Crippen LogP contribution in [0.3, 0.4) is 0 Å². The van der Waals surface area contributed by atoms with Crippen LogP contribution in [0.4, 0.5) is 0 Å². The van der Waals surface area contributed by atoms with Gasteiger partial charge in [0, 0.05) is 0 Å². The standard InChI is InChI=1S/C17H20O4SSe/c1-4-9-22-23-11-17(2,3)16(19)20-13-7-5-12-6-8-15(18)21-14(12)10-13/h5-8,10H,4,9,11H2,1-3H3. The Hall–Kier alpha value is -1.23. The Bertz CT molecular complexity index is 739. The van der Waals surface area contributed by atoms with E-state index >= 15 is 0 Å². The number of benzene rings is 1. The first-order valence-electron chi connectivity index (χ1n) is 7.43. The normalized spacial score (nSPS) is 11.6.